The number of hydrogen-bond acceptors (Lipinski definition) is 4. The fourth-order valence-electron chi connectivity index (χ4n) is 1.37. The van der Waals surface area contributed by atoms with Crippen LogP contribution in [0.2, 0.25) is 0 Å². The summed E-state index contributed by atoms with van der Waals surface area (Å²) >= 11 is 3.43. The van der Waals surface area contributed by atoms with E-state index in [0.29, 0.717) is 0 Å². The molecule has 1 aromatic heterocycles. The number of aromatic nitrogens is 1. The first kappa shape index (κ1) is 11.6. The molecule has 2 rings (SSSR count). The highest BCUT2D eigenvalue weighted by atomic mass is 32.2. The van der Waals surface area contributed by atoms with Crippen LogP contribution in [0, 0.1) is 6.92 Å². The van der Waals surface area contributed by atoms with Gasteiger partial charge in [0.15, 0.2) is 0 Å². The van der Waals surface area contributed by atoms with Gasteiger partial charge in [-0.3, -0.25) is 0 Å². The quantitative estimate of drug-likeness (QED) is 0.847. The molecule has 4 heteroatoms. The summed E-state index contributed by atoms with van der Waals surface area (Å²) in [5.74, 6) is 0.888. The Morgan fingerprint density at radius 3 is 3.00 bits per heavy atom. The van der Waals surface area contributed by atoms with Gasteiger partial charge in [-0.05, 0) is 24.6 Å². The summed E-state index contributed by atoms with van der Waals surface area (Å²) < 4.78 is 0. The van der Waals surface area contributed by atoms with Crippen LogP contribution in [0.25, 0.3) is 0 Å². The summed E-state index contributed by atoms with van der Waals surface area (Å²) in [5.41, 5.74) is 2.08. The van der Waals surface area contributed by atoms with Crippen molar-refractivity contribution in [1.29, 1.82) is 0 Å². The molecular weight excluding hydrogens is 238 g/mol. The second kappa shape index (κ2) is 5.48. The highest BCUT2D eigenvalue weighted by molar-refractivity contribution is 7.98. The lowest BCUT2D eigenvalue weighted by Crippen LogP contribution is -1.84. The van der Waals surface area contributed by atoms with Crippen molar-refractivity contribution in [3.63, 3.8) is 0 Å². The van der Waals surface area contributed by atoms with E-state index in [4.69, 9.17) is 5.11 Å². The zero-order valence-electron chi connectivity index (χ0n) is 9.01. The topological polar surface area (TPSA) is 33.1 Å². The van der Waals surface area contributed by atoms with Gasteiger partial charge in [-0.25, -0.2) is 4.98 Å². The zero-order chi connectivity index (χ0) is 11.4. The molecule has 0 atom stereocenters. The van der Waals surface area contributed by atoms with Crippen molar-refractivity contribution in [3.8, 4) is 0 Å². The Kier molecular flexibility index (Phi) is 3.98. The molecule has 0 aliphatic rings. The Morgan fingerprint density at radius 2 is 2.31 bits per heavy atom. The smallest absolute Gasteiger partial charge is 0.0897 e. The molecule has 0 aliphatic carbocycles. The molecule has 0 fully saturated rings. The number of benzene rings is 1. The number of rotatable bonds is 4. The van der Waals surface area contributed by atoms with Crippen molar-refractivity contribution in [3.05, 3.63) is 45.9 Å². The first-order chi connectivity index (χ1) is 7.78. The second-order valence-electron chi connectivity index (χ2n) is 3.45. The Labute approximate surface area is 103 Å². The van der Waals surface area contributed by atoms with Gasteiger partial charge >= 0.3 is 0 Å². The predicted octanol–water partition coefficient (Wildman–Crippen LogP) is 3.24. The Hall–Kier alpha value is -0.840. The minimum atomic E-state index is 0.101. The van der Waals surface area contributed by atoms with E-state index in [1.807, 2.05) is 25.1 Å². The van der Waals surface area contributed by atoms with E-state index in [1.165, 1.54) is 4.90 Å². The molecule has 0 aliphatic heterocycles. The SMILES string of the molecule is Cc1nc(CSc2cccc(CO)c2)cs1. The van der Waals surface area contributed by atoms with Crippen molar-refractivity contribution in [1.82, 2.24) is 4.98 Å². The number of aliphatic hydroxyl groups is 1. The van der Waals surface area contributed by atoms with E-state index in [9.17, 15) is 0 Å². The Balaban J connectivity index is 1.99. The first-order valence-corrected chi connectivity index (χ1v) is 6.88. The van der Waals surface area contributed by atoms with E-state index >= 15 is 0 Å². The molecule has 0 bridgehead atoms. The van der Waals surface area contributed by atoms with Crippen molar-refractivity contribution in [2.24, 2.45) is 0 Å². The lowest BCUT2D eigenvalue weighted by molar-refractivity contribution is 0.281. The van der Waals surface area contributed by atoms with Gasteiger partial charge in [0.25, 0.3) is 0 Å². The molecule has 0 unspecified atom stereocenters. The summed E-state index contributed by atoms with van der Waals surface area (Å²) in [6, 6.07) is 7.98. The van der Waals surface area contributed by atoms with Crippen LogP contribution in [-0.4, -0.2) is 10.1 Å². The van der Waals surface area contributed by atoms with Crippen LogP contribution >= 0.6 is 23.1 Å². The molecule has 0 spiro atoms. The van der Waals surface area contributed by atoms with Crippen LogP contribution in [-0.2, 0) is 12.4 Å². The third-order valence-electron chi connectivity index (χ3n) is 2.13. The van der Waals surface area contributed by atoms with E-state index < -0.39 is 0 Å². The first-order valence-electron chi connectivity index (χ1n) is 5.01. The Bertz CT molecular complexity index is 468. The molecular formula is C12H13NOS2. The fourth-order valence-corrected chi connectivity index (χ4v) is 2.96. The number of nitrogens with zero attached hydrogens (tertiary/aromatic N) is 1. The predicted molar refractivity (Wildman–Crippen MR) is 68.8 cm³/mol. The summed E-state index contributed by atoms with van der Waals surface area (Å²) in [6.07, 6.45) is 0. The molecule has 2 aromatic rings. The van der Waals surface area contributed by atoms with Crippen LogP contribution in [0.15, 0.2) is 34.5 Å². The van der Waals surface area contributed by atoms with E-state index in [0.717, 1.165) is 22.0 Å². The maximum atomic E-state index is 9.03. The van der Waals surface area contributed by atoms with E-state index in [2.05, 4.69) is 16.4 Å². The molecule has 0 radical (unpaired) electrons. The van der Waals surface area contributed by atoms with Crippen molar-refractivity contribution < 1.29 is 5.11 Å². The standard InChI is InChI=1S/C12H13NOS2/c1-9-13-11(7-15-9)8-16-12-4-2-3-10(5-12)6-14/h2-5,7,14H,6,8H2,1H3. The average Bonchev–Trinajstić information content (AvgIpc) is 2.73. The summed E-state index contributed by atoms with van der Waals surface area (Å²) in [6.45, 7) is 2.12. The van der Waals surface area contributed by atoms with Gasteiger partial charge in [0.05, 0.1) is 17.3 Å². The molecule has 1 N–H and O–H groups in total. The summed E-state index contributed by atoms with van der Waals surface area (Å²) in [7, 11) is 0. The van der Waals surface area contributed by atoms with Crippen LogP contribution in [0.3, 0.4) is 0 Å². The van der Waals surface area contributed by atoms with Crippen molar-refractivity contribution in [2.45, 2.75) is 24.2 Å². The maximum Gasteiger partial charge on any atom is 0.0897 e. The Morgan fingerprint density at radius 1 is 1.44 bits per heavy atom. The third-order valence-corrected chi connectivity index (χ3v) is 3.98. The monoisotopic (exact) mass is 251 g/mol. The van der Waals surface area contributed by atoms with E-state index in [1.54, 1.807) is 23.1 Å². The van der Waals surface area contributed by atoms with Gasteiger partial charge in [-0.2, -0.15) is 0 Å². The molecule has 0 saturated heterocycles. The van der Waals surface area contributed by atoms with Gasteiger partial charge < -0.3 is 5.11 Å². The number of thiazole rings is 1. The molecule has 0 amide bonds. The van der Waals surface area contributed by atoms with Crippen molar-refractivity contribution in [2.75, 3.05) is 0 Å². The molecule has 2 nitrogen and oxygen atoms in total. The van der Waals surface area contributed by atoms with Gasteiger partial charge in [0.2, 0.25) is 0 Å². The molecule has 0 saturated carbocycles. The number of thioether (sulfide) groups is 1. The van der Waals surface area contributed by atoms with Crippen LogP contribution < -0.4 is 0 Å². The van der Waals surface area contributed by atoms with Crippen LogP contribution in [0.4, 0.5) is 0 Å². The van der Waals surface area contributed by atoms with Gasteiger partial charge in [0.1, 0.15) is 0 Å². The molecule has 1 heterocycles. The molecule has 84 valence electrons. The minimum absolute atomic E-state index is 0.101. The van der Waals surface area contributed by atoms with Gasteiger partial charge in [0, 0.05) is 16.0 Å². The zero-order valence-corrected chi connectivity index (χ0v) is 10.6. The second-order valence-corrected chi connectivity index (χ2v) is 5.56. The highest BCUT2D eigenvalue weighted by Crippen LogP contribution is 2.24. The van der Waals surface area contributed by atoms with Crippen molar-refractivity contribution >= 4 is 23.1 Å². The number of aliphatic hydroxyl groups excluding tert-OH is 1. The average molecular weight is 251 g/mol. The molecule has 16 heavy (non-hydrogen) atoms. The van der Waals surface area contributed by atoms with Gasteiger partial charge in [-0.1, -0.05) is 12.1 Å². The lowest BCUT2D eigenvalue weighted by Gasteiger charge is -2.01. The maximum absolute atomic E-state index is 9.03. The summed E-state index contributed by atoms with van der Waals surface area (Å²) in [4.78, 5) is 5.59. The third kappa shape index (κ3) is 3.07. The molecule has 1 aromatic carbocycles. The summed E-state index contributed by atoms with van der Waals surface area (Å²) in [5, 5.41) is 12.2. The number of aryl methyl sites for hydroxylation is 1. The van der Waals surface area contributed by atoms with E-state index in [-0.39, 0.29) is 6.61 Å². The van der Waals surface area contributed by atoms with Crippen LogP contribution in [0.5, 0.6) is 0 Å². The highest BCUT2D eigenvalue weighted by Gasteiger charge is 2.00. The lowest BCUT2D eigenvalue weighted by atomic mass is 10.2. The minimum Gasteiger partial charge on any atom is -0.392 e. The normalized spacial score (nSPS) is 10.6. The largest absolute Gasteiger partial charge is 0.392 e. The fraction of sp³-hybridized carbons (Fsp3) is 0.250. The van der Waals surface area contributed by atoms with Gasteiger partial charge in [-0.15, -0.1) is 23.1 Å². The van der Waals surface area contributed by atoms with Crippen LogP contribution in [0.1, 0.15) is 16.3 Å². The number of hydrogen-bond donors (Lipinski definition) is 1.